The second-order valence-electron chi connectivity index (χ2n) is 3.75. The zero-order chi connectivity index (χ0) is 12.6. The van der Waals surface area contributed by atoms with Gasteiger partial charge in [-0.3, -0.25) is 0 Å². The van der Waals surface area contributed by atoms with Crippen molar-refractivity contribution in [2.75, 3.05) is 6.61 Å². The summed E-state index contributed by atoms with van der Waals surface area (Å²) in [6.45, 7) is -0.427. The van der Waals surface area contributed by atoms with E-state index in [2.05, 4.69) is 4.98 Å². The monoisotopic (exact) mass is 346 g/mol. The number of H-pyrrole nitrogens is 1. The van der Waals surface area contributed by atoms with Crippen LogP contribution in [0.3, 0.4) is 0 Å². The van der Waals surface area contributed by atoms with E-state index in [9.17, 15) is 19.8 Å². The summed E-state index contributed by atoms with van der Waals surface area (Å²) >= 11 is -3.42. The Hall–Kier alpha value is -0.610. The second-order valence-corrected chi connectivity index (χ2v) is 10.3. The molecule has 0 spiro atoms. The molecule has 1 aliphatic rings. The van der Waals surface area contributed by atoms with Gasteiger partial charge in [0.05, 0.1) is 0 Å². The van der Waals surface area contributed by atoms with Crippen LogP contribution < -0.4 is 11.2 Å². The molecule has 1 aromatic heterocycles. The van der Waals surface area contributed by atoms with E-state index in [1.54, 1.807) is 0 Å². The Morgan fingerprint density at radius 2 is 2.18 bits per heavy atom. The summed E-state index contributed by atoms with van der Waals surface area (Å²) in [6.07, 6.45) is -0.818. The molecular weight excluding hydrogens is 335 g/mol. The summed E-state index contributed by atoms with van der Waals surface area (Å²) in [5, 5.41) is 28.3. The van der Waals surface area contributed by atoms with Crippen LogP contribution in [-0.2, 0) is 2.85 Å². The van der Waals surface area contributed by atoms with E-state index >= 15 is 0 Å². The quantitative estimate of drug-likeness (QED) is 0.441. The van der Waals surface area contributed by atoms with E-state index < -0.39 is 56.1 Å². The second kappa shape index (κ2) is 4.94. The molecule has 17 heavy (non-hydrogen) atoms. The number of nitrogens with one attached hydrogen (secondary N) is 1. The third-order valence-electron chi connectivity index (χ3n) is 2.64. The summed E-state index contributed by atoms with van der Waals surface area (Å²) in [4.78, 5) is 24.4. The third kappa shape index (κ3) is 2.33. The van der Waals surface area contributed by atoms with Crippen molar-refractivity contribution in [2.24, 2.45) is 0 Å². The Kier molecular flexibility index (Phi) is 3.73. The van der Waals surface area contributed by atoms with Crippen molar-refractivity contribution in [3.8, 4) is 0 Å². The van der Waals surface area contributed by atoms with Crippen molar-refractivity contribution in [3.63, 3.8) is 0 Å². The van der Waals surface area contributed by atoms with Crippen molar-refractivity contribution >= 4 is 22.2 Å². The van der Waals surface area contributed by atoms with Crippen LogP contribution in [0.15, 0.2) is 21.9 Å². The van der Waals surface area contributed by atoms with Crippen LogP contribution in [0.4, 0.5) is 0 Å². The SMILES string of the molecule is O=c1cc[n]([In]2[O][C@H](CO)[C@@H](O)[C@H]2O)c(=O)[nH]1. The molecule has 2 heterocycles. The van der Waals surface area contributed by atoms with Crippen LogP contribution in [0, 0.1) is 0 Å². The first-order valence-electron chi connectivity index (χ1n) is 4.98. The molecule has 8 nitrogen and oxygen atoms in total. The molecule has 1 aliphatic heterocycles. The van der Waals surface area contributed by atoms with Gasteiger partial charge in [0, 0.05) is 0 Å². The van der Waals surface area contributed by atoms with Gasteiger partial charge in [-0.1, -0.05) is 0 Å². The summed E-state index contributed by atoms with van der Waals surface area (Å²) in [5.74, 6) is 0. The van der Waals surface area contributed by atoms with Gasteiger partial charge in [0.15, 0.2) is 0 Å². The molecular formula is C8H11InN2O6. The van der Waals surface area contributed by atoms with Gasteiger partial charge in [-0.05, 0) is 0 Å². The van der Waals surface area contributed by atoms with Gasteiger partial charge in [-0.25, -0.2) is 0 Å². The average Bonchev–Trinajstić information content (AvgIpc) is 2.57. The Morgan fingerprint density at radius 3 is 2.71 bits per heavy atom. The minimum absolute atomic E-state index is 0.427. The van der Waals surface area contributed by atoms with Crippen molar-refractivity contribution in [1.29, 1.82) is 0 Å². The number of hydrogen-bond acceptors (Lipinski definition) is 6. The summed E-state index contributed by atoms with van der Waals surface area (Å²) < 4.78 is 5.36. The Labute approximate surface area is 104 Å². The van der Waals surface area contributed by atoms with Gasteiger partial charge >= 0.3 is 104 Å². The number of aromatic nitrogens is 2. The number of aliphatic hydroxyl groups is 3. The van der Waals surface area contributed by atoms with Crippen LogP contribution >= 0.6 is 0 Å². The Balaban J connectivity index is 2.35. The first-order chi connectivity index (χ1) is 8.04. The van der Waals surface area contributed by atoms with Crippen LogP contribution in [0.5, 0.6) is 0 Å². The molecule has 1 saturated heterocycles. The molecule has 0 saturated carbocycles. The number of nitrogens with zero attached hydrogens (tertiary/aromatic N) is 1. The van der Waals surface area contributed by atoms with Gasteiger partial charge in [0.25, 0.3) is 0 Å². The zero-order valence-corrected chi connectivity index (χ0v) is 12.0. The first-order valence-corrected chi connectivity index (χ1v) is 9.70. The van der Waals surface area contributed by atoms with E-state index in [4.69, 9.17) is 7.96 Å². The summed E-state index contributed by atoms with van der Waals surface area (Å²) in [7, 11) is 0. The van der Waals surface area contributed by atoms with Crippen LogP contribution in [0.2, 0.25) is 0 Å². The van der Waals surface area contributed by atoms with E-state index in [0.29, 0.717) is 0 Å². The van der Waals surface area contributed by atoms with Crippen LogP contribution in [-0.4, -0.2) is 67.7 Å². The molecule has 0 bridgehead atoms. The van der Waals surface area contributed by atoms with Gasteiger partial charge < -0.3 is 0 Å². The molecule has 0 aromatic carbocycles. The molecule has 3 atom stereocenters. The standard InChI is InChI=1S/C4H4N2O2.C4H8O4.In/c7-3-1-2-5-4(8)6-3;5-1-3(7)4(8)2-6;/h1-2H,(H2,5,6,7,8);1,3-7H,2H2;/q;-1;+2/p-1/t;3-,4+;/m.0./s1. The fourth-order valence-electron chi connectivity index (χ4n) is 1.74. The number of hydrogen-bond donors (Lipinski definition) is 4. The molecule has 0 unspecified atom stereocenters. The van der Waals surface area contributed by atoms with Gasteiger partial charge in [0.2, 0.25) is 0 Å². The summed E-state index contributed by atoms with van der Waals surface area (Å²) in [6, 6.07) is 1.15. The van der Waals surface area contributed by atoms with Crippen molar-refractivity contribution < 1.29 is 18.2 Å². The Bertz CT molecular complexity index is 513. The third-order valence-corrected chi connectivity index (χ3v) is 9.95. The number of rotatable bonds is 2. The van der Waals surface area contributed by atoms with Crippen LogP contribution in [0.25, 0.3) is 0 Å². The minimum atomic E-state index is -3.42. The maximum absolute atomic E-state index is 11.5. The molecule has 92 valence electrons. The molecule has 4 N–H and O–H groups in total. The molecule has 2 rings (SSSR count). The molecule has 0 amide bonds. The fourth-order valence-corrected chi connectivity index (χ4v) is 8.48. The first kappa shape index (κ1) is 12.8. The van der Waals surface area contributed by atoms with Crippen molar-refractivity contribution in [3.05, 3.63) is 33.1 Å². The van der Waals surface area contributed by atoms with Gasteiger partial charge in [-0.15, -0.1) is 0 Å². The number of aliphatic hydroxyl groups excluding tert-OH is 3. The molecule has 0 aliphatic carbocycles. The number of aromatic amines is 1. The molecule has 0 radical (unpaired) electrons. The fraction of sp³-hybridized carbons (Fsp3) is 0.500. The van der Waals surface area contributed by atoms with E-state index in [-0.39, 0.29) is 0 Å². The molecule has 1 aromatic rings. The average molecular weight is 346 g/mol. The normalized spacial score (nSPS) is 28.6. The van der Waals surface area contributed by atoms with E-state index in [1.807, 2.05) is 0 Å². The van der Waals surface area contributed by atoms with Crippen LogP contribution in [0.1, 0.15) is 0 Å². The molecule has 1 fully saturated rings. The summed E-state index contributed by atoms with van der Waals surface area (Å²) in [5.41, 5.74) is -1.20. The zero-order valence-electron chi connectivity index (χ0n) is 8.68. The van der Waals surface area contributed by atoms with Gasteiger partial charge in [-0.2, -0.15) is 0 Å². The Morgan fingerprint density at radius 1 is 1.47 bits per heavy atom. The van der Waals surface area contributed by atoms with Crippen molar-refractivity contribution in [1.82, 2.24) is 7.54 Å². The van der Waals surface area contributed by atoms with Gasteiger partial charge in [0.1, 0.15) is 0 Å². The predicted octanol–water partition coefficient (Wildman–Crippen LogP) is -3.48. The predicted molar refractivity (Wildman–Crippen MR) is 56.4 cm³/mol. The van der Waals surface area contributed by atoms with E-state index in [1.165, 1.54) is 6.20 Å². The topological polar surface area (TPSA) is 125 Å². The van der Waals surface area contributed by atoms with E-state index in [0.717, 1.165) is 8.62 Å². The van der Waals surface area contributed by atoms with Crippen molar-refractivity contribution in [2.45, 2.75) is 16.1 Å². The maximum atomic E-state index is 11.5. The molecule has 9 heteroatoms.